The van der Waals surface area contributed by atoms with Gasteiger partial charge in [-0.25, -0.2) is 4.98 Å². The van der Waals surface area contributed by atoms with Crippen molar-refractivity contribution >= 4 is 0 Å². The van der Waals surface area contributed by atoms with E-state index in [1.54, 1.807) is 0 Å². The lowest BCUT2D eigenvalue weighted by atomic mass is 10.0. The SMILES string of the molecule is Cc1cc(C#N)ccc1-c1cnc2n1CCN(C)C2. The van der Waals surface area contributed by atoms with E-state index in [4.69, 9.17) is 5.26 Å². The fourth-order valence-electron chi connectivity index (χ4n) is 2.62. The van der Waals surface area contributed by atoms with Gasteiger partial charge in [0, 0.05) is 18.7 Å². The summed E-state index contributed by atoms with van der Waals surface area (Å²) >= 11 is 0. The number of fused-ring (bicyclic) bond motifs is 1. The van der Waals surface area contributed by atoms with E-state index in [0.717, 1.165) is 36.7 Å². The molecule has 0 atom stereocenters. The summed E-state index contributed by atoms with van der Waals surface area (Å²) in [4.78, 5) is 6.80. The molecule has 0 bridgehead atoms. The number of nitriles is 1. The monoisotopic (exact) mass is 252 g/mol. The van der Waals surface area contributed by atoms with Crippen LogP contribution in [0.3, 0.4) is 0 Å². The molecule has 1 aromatic heterocycles. The van der Waals surface area contributed by atoms with Gasteiger partial charge in [-0.1, -0.05) is 6.07 Å². The van der Waals surface area contributed by atoms with Gasteiger partial charge in [0.1, 0.15) is 5.82 Å². The van der Waals surface area contributed by atoms with Crippen LogP contribution in [-0.4, -0.2) is 28.0 Å². The number of aromatic nitrogens is 2. The second kappa shape index (κ2) is 4.52. The van der Waals surface area contributed by atoms with Crippen molar-refractivity contribution in [3.8, 4) is 17.3 Å². The summed E-state index contributed by atoms with van der Waals surface area (Å²) in [5.74, 6) is 1.12. The topological polar surface area (TPSA) is 44.9 Å². The highest BCUT2D eigenvalue weighted by molar-refractivity contribution is 5.65. The summed E-state index contributed by atoms with van der Waals surface area (Å²) in [6, 6.07) is 8.01. The highest BCUT2D eigenvalue weighted by Gasteiger charge is 2.18. The smallest absolute Gasteiger partial charge is 0.123 e. The summed E-state index contributed by atoms with van der Waals surface area (Å²) in [7, 11) is 2.12. The fraction of sp³-hybridized carbons (Fsp3) is 0.333. The zero-order valence-corrected chi connectivity index (χ0v) is 11.2. The molecule has 4 heteroatoms. The van der Waals surface area contributed by atoms with E-state index in [1.165, 1.54) is 5.56 Å². The van der Waals surface area contributed by atoms with E-state index < -0.39 is 0 Å². The maximum absolute atomic E-state index is 8.93. The molecule has 0 N–H and O–H groups in total. The van der Waals surface area contributed by atoms with Gasteiger partial charge < -0.3 is 4.57 Å². The average Bonchev–Trinajstić information content (AvgIpc) is 2.81. The minimum atomic E-state index is 0.708. The van der Waals surface area contributed by atoms with Crippen LogP contribution in [0, 0.1) is 18.3 Å². The first-order valence-electron chi connectivity index (χ1n) is 6.43. The Kier molecular flexibility index (Phi) is 2.84. The maximum atomic E-state index is 8.93. The zero-order chi connectivity index (χ0) is 13.4. The van der Waals surface area contributed by atoms with Crippen LogP contribution in [0.15, 0.2) is 24.4 Å². The second-order valence-electron chi connectivity index (χ2n) is 5.09. The molecule has 4 nitrogen and oxygen atoms in total. The van der Waals surface area contributed by atoms with Gasteiger partial charge in [-0.05, 0) is 31.7 Å². The van der Waals surface area contributed by atoms with Crippen LogP contribution in [0.4, 0.5) is 0 Å². The minimum Gasteiger partial charge on any atom is -0.326 e. The first-order chi connectivity index (χ1) is 9.19. The summed E-state index contributed by atoms with van der Waals surface area (Å²) in [5, 5.41) is 8.93. The number of hydrogen-bond acceptors (Lipinski definition) is 3. The van der Waals surface area contributed by atoms with E-state index in [1.807, 2.05) is 31.3 Å². The molecule has 0 aliphatic carbocycles. The molecule has 2 aromatic rings. The van der Waals surface area contributed by atoms with Gasteiger partial charge >= 0.3 is 0 Å². The molecule has 0 amide bonds. The lowest BCUT2D eigenvalue weighted by Crippen LogP contribution is -2.30. The third-order valence-electron chi connectivity index (χ3n) is 3.69. The highest BCUT2D eigenvalue weighted by Crippen LogP contribution is 2.27. The minimum absolute atomic E-state index is 0.708. The van der Waals surface area contributed by atoms with Gasteiger partial charge in [0.2, 0.25) is 0 Å². The van der Waals surface area contributed by atoms with E-state index in [2.05, 4.69) is 27.6 Å². The van der Waals surface area contributed by atoms with Gasteiger partial charge in [0.25, 0.3) is 0 Å². The molecule has 19 heavy (non-hydrogen) atoms. The summed E-state index contributed by atoms with van der Waals surface area (Å²) in [5.41, 5.74) is 4.16. The average molecular weight is 252 g/mol. The Balaban J connectivity index is 2.07. The third-order valence-corrected chi connectivity index (χ3v) is 3.69. The summed E-state index contributed by atoms with van der Waals surface area (Å²) in [6.07, 6.45) is 1.95. The van der Waals surface area contributed by atoms with Crippen molar-refractivity contribution in [1.29, 1.82) is 5.26 Å². The van der Waals surface area contributed by atoms with Crippen LogP contribution < -0.4 is 0 Å². The van der Waals surface area contributed by atoms with Crippen molar-refractivity contribution in [2.75, 3.05) is 13.6 Å². The molecule has 0 saturated heterocycles. The Labute approximate surface area is 112 Å². The van der Waals surface area contributed by atoms with Crippen LogP contribution in [0.5, 0.6) is 0 Å². The Hall–Kier alpha value is -2.12. The quantitative estimate of drug-likeness (QED) is 0.781. The molecule has 0 fully saturated rings. The molecule has 0 radical (unpaired) electrons. The second-order valence-corrected chi connectivity index (χ2v) is 5.09. The molecule has 3 rings (SSSR count). The number of rotatable bonds is 1. The highest BCUT2D eigenvalue weighted by atomic mass is 15.2. The first kappa shape index (κ1) is 11.9. The van der Waals surface area contributed by atoms with Gasteiger partial charge in [-0.3, -0.25) is 4.90 Å². The molecule has 96 valence electrons. The number of hydrogen-bond donors (Lipinski definition) is 0. The van der Waals surface area contributed by atoms with Crippen LogP contribution in [0.1, 0.15) is 17.0 Å². The Morgan fingerprint density at radius 1 is 1.32 bits per heavy atom. The fourth-order valence-corrected chi connectivity index (χ4v) is 2.62. The molecule has 0 spiro atoms. The number of nitrogens with zero attached hydrogens (tertiary/aromatic N) is 4. The van der Waals surface area contributed by atoms with Gasteiger partial charge in [-0.15, -0.1) is 0 Å². The van der Waals surface area contributed by atoms with E-state index in [-0.39, 0.29) is 0 Å². The number of benzene rings is 1. The molecule has 1 aromatic carbocycles. The zero-order valence-electron chi connectivity index (χ0n) is 11.2. The molecule has 1 aliphatic heterocycles. The lowest BCUT2D eigenvalue weighted by Gasteiger charge is -2.25. The maximum Gasteiger partial charge on any atom is 0.123 e. The molecule has 0 unspecified atom stereocenters. The van der Waals surface area contributed by atoms with Crippen molar-refractivity contribution in [3.63, 3.8) is 0 Å². The van der Waals surface area contributed by atoms with E-state index in [0.29, 0.717) is 5.56 Å². The summed E-state index contributed by atoms with van der Waals surface area (Å²) in [6.45, 7) is 4.96. The van der Waals surface area contributed by atoms with Crippen LogP contribution in [-0.2, 0) is 13.1 Å². The Morgan fingerprint density at radius 3 is 2.89 bits per heavy atom. The third kappa shape index (κ3) is 2.02. The number of aryl methyl sites for hydroxylation is 1. The number of imidazole rings is 1. The van der Waals surface area contributed by atoms with Gasteiger partial charge in [0.15, 0.2) is 0 Å². The largest absolute Gasteiger partial charge is 0.326 e. The van der Waals surface area contributed by atoms with Crippen LogP contribution in [0.2, 0.25) is 0 Å². The molecule has 1 aliphatic rings. The predicted molar refractivity (Wildman–Crippen MR) is 73.4 cm³/mol. The molecular formula is C15H16N4. The molecular weight excluding hydrogens is 236 g/mol. The van der Waals surface area contributed by atoms with Crippen molar-refractivity contribution in [2.45, 2.75) is 20.0 Å². The predicted octanol–water partition coefficient (Wildman–Crippen LogP) is 2.18. The van der Waals surface area contributed by atoms with Crippen molar-refractivity contribution < 1.29 is 0 Å². The van der Waals surface area contributed by atoms with Crippen molar-refractivity contribution in [1.82, 2.24) is 14.5 Å². The Morgan fingerprint density at radius 2 is 2.16 bits per heavy atom. The van der Waals surface area contributed by atoms with Crippen molar-refractivity contribution in [3.05, 3.63) is 41.3 Å². The molecule has 2 heterocycles. The van der Waals surface area contributed by atoms with Crippen molar-refractivity contribution in [2.24, 2.45) is 0 Å². The van der Waals surface area contributed by atoms with Gasteiger partial charge in [0.05, 0.1) is 30.1 Å². The van der Waals surface area contributed by atoms with E-state index >= 15 is 0 Å². The summed E-state index contributed by atoms with van der Waals surface area (Å²) < 4.78 is 2.29. The lowest BCUT2D eigenvalue weighted by molar-refractivity contribution is 0.265. The van der Waals surface area contributed by atoms with Crippen LogP contribution in [0.25, 0.3) is 11.3 Å². The van der Waals surface area contributed by atoms with Crippen LogP contribution >= 0.6 is 0 Å². The number of likely N-dealkylation sites (N-methyl/N-ethyl adjacent to an activating group) is 1. The normalized spacial score (nSPS) is 15.0. The Bertz CT molecular complexity index is 663. The van der Waals surface area contributed by atoms with Gasteiger partial charge in [-0.2, -0.15) is 5.26 Å². The standard InChI is InChI=1S/C15H16N4/c1-11-7-12(8-16)3-4-13(11)14-9-17-15-10-18(2)5-6-19(14)15/h3-4,7,9H,5-6,10H2,1-2H3. The molecule has 0 saturated carbocycles. The first-order valence-corrected chi connectivity index (χ1v) is 6.43. The van der Waals surface area contributed by atoms with E-state index in [9.17, 15) is 0 Å².